The van der Waals surface area contributed by atoms with Gasteiger partial charge in [-0.05, 0) is 36.8 Å². The second-order valence-electron chi connectivity index (χ2n) is 7.01. The molecule has 1 aliphatic rings. The Kier molecular flexibility index (Phi) is 5.26. The van der Waals surface area contributed by atoms with Crippen molar-refractivity contribution in [3.05, 3.63) is 57.8 Å². The van der Waals surface area contributed by atoms with Gasteiger partial charge in [0.2, 0.25) is 0 Å². The summed E-state index contributed by atoms with van der Waals surface area (Å²) in [5.41, 5.74) is 2.06. The van der Waals surface area contributed by atoms with Crippen LogP contribution in [0.4, 0.5) is 13.6 Å². The summed E-state index contributed by atoms with van der Waals surface area (Å²) in [4.78, 5) is 17.1. The number of pyridine rings is 1. The second kappa shape index (κ2) is 7.72. The van der Waals surface area contributed by atoms with Gasteiger partial charge in [0.15, 0.2) is 0 Å². The van der Waals surface area contributed by atoms with Gasteiger partial charge < -0.3 is 19.1 Å². The van der Waals surface area contributed by atoms with Crippen LogP contribution in [-0.2, 0) is 11.2 Å². The Labute approximate surface area is 173 Å². The molecule has 3 heterocycles. The molecule has 0 saturated carbocycles. The van der Waals surface area contributed by atoms with Gasteiger partial charge >= 0.3 is 6.09 Å². The van der Waals surface area contributed by atoms with E-state index >= 15 is 0 Å². The summed E-state index contributed by atoms with van der Waals surface area (Å²) < 4.78 is 37.2. The van der Waals surface area contributed by atoms with E-state index in [2.05, 4.69) is 20.9 Å². The molecule has 9 heteroatoms. The first kappa shape index (κ1) is 19.8. The standard InChI is InChI=1S/C20H18BrF2N3O3/c1-11-2-3-26-16(9-13-10-25(20(27)28)4-5-29-13)19(24-17(26)6-11)18-14(22)7-12(21)8-15(18)23/h2-3,6-8,13H,4-5,9-10H2,1H3,(H,27,28). The van der Waals surface area contributed by atoms with Gasteiger partial charge in [-0.25, -0.2) is 18.6 Å². The van der Waals surface area contributed by atoms with Crippen LogP contribution in [0.15, 0.2) is 34.9 Å². The first-order valence-electron chi connectivity index (χ1n) is 9.05. The number of hydrogen-bond donors (Lipinski definition) is 1. The van der Waals surface area contributed by atoms with E-state index in [9.17, 15) is 18.7 Å². The molecule has 0 bridgehead atoms. The van der Waals surface area contributed by atoms with Crippen molar-refractivity contribution < 1.29 is 23.4 Å². The van der Waals surface area contributed by atoms with Gasteiger partial charge in [-0.2, -0.15) is 0 Å². The van der Waals surface area contributed by atoms with Crippen LogP contribution >= 0.6 is 15.9 Å². The zero-order valence-corrected chi connectivity index (χ0v) is 17.1. The average molecular weight is 466 g/mol. The van der Waals surface area contributed by atoms with Crippen LogP contribution < -0.4 is 0 Å². The first-order valence-corrected chi connectivity index (χ1v) is 9.84. The van der Waals surface area contributed by atoms with Crippen molar-refractivity contribution in [1.29, 1.82) is 0 Å². The molecule has 0 radical (unpaired) electrons. The molecule has 1 amide bonds. The topological polar surface area (TPSA) is 67.1 Å². The Hall–Kier alpha value is -2.52. The number of hydrogen-bond acceptors (Lipinski definition) is 3. The quantitative estimate of drug-likeness (QED) is 0.626. The Morgan fingerprint density at radius 3 is 2.76 bits per heavy atom. The van der Waals surface area contributed by atoms with E-state index in [1.807, 2.05) is 19.1 Å². The summed E-state index contributed by atoms with van der Waals surface area (Å²) in [6.07, 6.45) is 0.597. The fourth-order valence-corrected chi connectivity index (χ4v) is 4.00. The van der Waals surface area contributed by atoms with Crippen LogP contribution in [0.5, 0.6) is 0 Å². The smallest absolute Gasteiger partial charge is 0.407 e. The van der Waals surface area contributed by atoms with Crippen molar-refractivity contribution in [3.8, 4) is 11.3 Å². The summed E-state index contributed by atoms with van der Waals surface area (Å²) in [5, 5.41) is 9.26. The van der Waals surface area contributed by atoms with E-state index in [0.717, 1.165) is 5.56 Å². The normalized spacial score (nSPS) is 17.1. The lowest BCUT2D eigenvalue weighted by Crippen LogP contribution is -2.45. The van der Waals surface area contributed by atoms with Crippen molar-refractivity contribution >= 4 is 27.7 Å². The summed E-state index contributed by atoms with van der Waals surface area (Å²) in [6.45, 7) is 2.65. The lowest BCUT2D eigenvalue weighted by molar-refractivity contribution is -0.0214. The number of halogens is 3. The molecule has 0 aliphatic carbocycles. The highest BCUT2D eigenvalue weighted by Crippen LogP contribution is 2.33. The predicted molar refractivity (Wildman–Crippen MR) is 106 cm³/mol. The maximum Gasteiger partial charge on any atom is 0.407 e. The van der Waals surface area contributed by atoms with Crippen LogP contribution in [0.2, 0.25) is 0 Å². The largest absolute Gasteiger partial charge is 0.465 e. The minimum Gasteiger partial charge on any atom is -0.465 e. The molecule has 4 rings (SSSR count). The van der Waals surface area contributed by atoms with Gasteiger partial charge in [0.1, 0.15) is 17.3 Å². The minimum absolute atomic E-state index is 0.180. The second-order valence-corrected chi connectivity index (χ2v) is 7.93. The van der Waals surface area contributed by atoms with Gasteiger partial charge in [-0.1, -0.05) is 15.9 Å². The van der Waals surface area contributed by atoms with E-state index in [-0.39, 0.29) is 30.8 Å². The average Bonchev–Trinajstić information content (AvgIpc) is 2.98. The maximum absolute atomic E-state index is 14.7. The Bertz CT molecular complexity index is 1080. The molecular weight excluding hydrogens is 448 g/mol. The van der Waals surface area contributed by atoms with Crippen LogP contribution in [-0.4, -0.2) is 51.3 Å². The predicted octanol–water partition coefficient (Wildman–Crippen LogP) is 4.27. The Morgan fingerprint density at radius 1 is 1.34 bits per heavy atom. The molecule has 3 aromatic rings. The summed E-state index contributed by atoms with van der Waals surface area (Å²) in [6, 6.07) is 6.09. The first-order chi connectivity index (χ1) is 13.8. The molecule has 1 atom stereocenters. The molecule has 1 saturated heterocycles. The fraction of sp³-hybridized carbons (Fsp3) is 0.300. The highest BCUT2D eigenvalue weighted by Gasteiger charge is 2.28. The van der Waals surface area contributed by atoms with E-state index < -0.39 is 23.8 Å². The molecular formula is C20H18BrF2N3O3. The number of amides is 1. The summed E-state index contributed by atoms with van der Waals surface area (Å²) in [7, 11) is 0. The molecule has 1 N–H and O–H groups in total. The van der Waals surface area contributed by atoms with Gasteiger partial charge in [0.25, 0.3) is 0 Å². The molecule has 1 fully saturated rings. The van der Waals surface area contributed by atoms with Crippen molar-refractivity contribution in [3.63, 3.8) is 0 Å². The monoisotopic (exact) mass is 465 g/mol. The maximum atomic E-state index is 14.7. The van der Waals surface area contributed by atoms with Crippen LogP contribution in [0.1, 0.15) is 11.3 Å². The van der Waals surface area contributed by atoms with Gasteiger partial charge in [0.05, 0.1) is 36.2 Å². The van der Waals surface area contributed by atoms with Crippen molar-refractivity contribution in [1.82, 2.24) is 14.3 Å². The molecule has 1 unspecified atom stereocenters. The Balaban J connectivity index is 1.82. The molecule has 1 aromatic carbocycles. The van der Waals surface area contributed by atoms with Crippen molar-refractivity contribution in [2.45, 2.75) is 19.4 Å². The Morgan fingerprint density at radius 2 is 2.07 bits per heavy atom. The lowest BCUT2D eigenvalue weighted by Gasteiger charge is -2.31. The number of benzene rings is 1. The number of aryl methyl sites for hydroxylation is 1. The number of morpholine rings is 1. The van der Waals surface area contributed by atoms with E-state index in [4.69, 9.17) is 4.74 Å². The number of carboxylic acid groups (broad SMARTS) is 1. The SMILES string of the molecule is Cc1ccn2c(CC3CN(C(=O)O)CCO3)c(-c3c(F)cc(Br)cc3F)nc2c1. The number of ether oxygens (including phenoxy) is 1. The third kappa shape index (κ3) is 3.84. The van der Waals surface area contributed by atoms with E-state index in [0.29, 0.717) is 22.4 Å². The van der Waals surface area contributed by atoms with Crippen LogP contribution in [0, 0.1) is 18.6 Å². The number of carbonyl (C=O) groups is 1. The molecule has 2 aromatic heterocycles. The highest BCUT2D eigenvalue weighted by atomic mass is 79.9. The lowest BCUT2D eigenvalue weighted by atomic mass is 10.0. The summed E-state index contributed by atoms with van der Waals surface area (Å²) in [5.74, 6) is -1.45. The summed E-state index contributed by atoms with van der Waals surface area (Å²) >= 11 is 3.10. The number of fused-ring (bicyclic) bond motifs is 1. The van der Waals surface area contributed by atoms with Crippen molar-refractivity contribution in [2.75, 3.05) is 19.7 Å². The van der Waals surface area contributed by atoms with Gasteiger partial charge in [-0.15, -0.1) is 0 Å². The number of imidazole rings is 1. The number of nitrogens with zero attached hydrogens (tertiary/aromatic N) is 3. The number of aromatic nitrogens is 2. The fourth-order valence-electron chi connectivity index (χ4n) is 3.59. The molecule has 29 heavy (non-hydrogen) atoms. The third-order valence-corrected chi connectivity index (χ3v) is 5.41. The zero-order valence-electron chi connectivity index (χ0n) is 15.5. The van der Waals surface area contributed by atoms with Gasteiger partial charge in [-0.3, -0.25) is 0 Å². The third-order valence-electron chi connectivity index (χ3n) is 4.95. The van der Waals surface area contributed by atoms with Gasteiger partial charge in [0, 0.05) is 23.6 Å². The van der Waals surface area contributed by atoms with Crippen molar-refractivity contribution in [2.24, 2.45) is 0 Å². The van der Waals surface area contributed by atoms with Crippen LogP contribution in [0.3, 0.4) is 0 Å². The minimum atomic E-state index is -1.02. The molecule has 6 nitrogen and oxygen atoms in total. The molecule has 0 spiro atoms. The molecule has 152 valence electrons. The number of rotatable bonds is 3. The zero-order chi connectivity index (χ0) is 20.7. The van der Waals surface area contributed by atoms with Crippen LogP contribution in [0.25, 0.3) is 16.9 Å². The van der Waals surface area contributed by atoms with E-state index in [1.54, 1.807) is 10.6 Å². The molecule has 1 aliphatic heterocycles. The van der Waals surface area contributed by atoms with E-state index in [1.165, 1.54) is 17.0 Å². The highest BCUT2D eigenvalue weighted by molar-refractivity contribution is 9.10.